The zero-order valence-corrected chi connectivity index (χ0v) is 8.98. The van der Waals surface area contributed by atoms with Crippen molar-refractivity contribution < 1.29 is 26.0 Å². The monoisotopic (exact) mass is 284 g/mol. The van der Waals surface area contributed by atoms with Crippen LogP contribution in [-0.2, 0) is 8.26 Å². The molecule has 0 saturated heterocycles. The lowest BCUT2D eigenvalue weighted by atomic mass is 10.3. The lowest BCUT2D eigenvalue weighted by Crippen LogP contribution is -1.90. The summed E-state index contributed by atoms with van der Waals surface area (Å²) in [5.74, 6) is -5.56. The van der Waals surface area contributed by atoms with Gasteiger partial charge < -0.3 is 0 Å². The van der Waals surface area contributed by atoms with Gasteiger partial charge in [0, 0.05) is 33.5 Å². The molecule has 0 bridgehead atoms. The van der Waals surface area contributed by atoms with Crippen LogP contribution in [0.25, 0.3) is 0 Å². The van der Waals surface area contributed by atoms with Crippen molar-refractivity contribution in [3.63, 3.8) is 0 Å². The van der Waals surface area contributed by atoms with Gasteiger partial charge in [-0.3, -0.25) is 0 Å². The summed E-state index contributed by atoms with van der Waals surface area (Å²) in [4.78, 5) is 0. The van der Waals surface area contributed by atoms with Gasteiger partial charge in [0.2, 0.25) is 0 Å². The van der Waals surface area contributed by atoms with E-state index in [4.69, 9.17) is 8.42 Å². The van der Waals surface area contributed by atoms with E-state index >= 15 is 0 Å². The molecule has 2 nitrogen and oxygen atoms in total. The third-order valence-corrected chi connectivity index (χ3v) is 0.963. The van der Waals surface area contributed by atoms with Crippen LogP contribution in [0.15, 0.2) is 12.1 Å². The Bertz CT molecular complexity index is 390. The van der Waals surface area contributed by atoms with Crippen molar-refractivity contribution >= 4 is 29.6 Å². The van der Waals surface area contributed by atoms with Crippen molar-refractivity contribution in [3.8, 4) is 0 Å². The zero-order chi connectivity index (χ0) is 12.2. The lowest BCUT2D eigenvalue weighted by molar-refractivity contribution is 0.454. The minimum atomic E-state index is -3.72. The second-order valence-corrected chi connectivity index (χ2v) is 5.73. The van der Waals surface area contributed by atoms with E-state index < -0.39 is 31.5 Å². The molecule has 0 saturated carbocycles. The van der Waals surface area contributed by atoms with Crippen LogP contribution in [-0.4, -0.2) is 8.42 Å². The summed E-state index contributed by atoms with van der Waals surface area (Å²) in [6.45, 7) is 0. The van der Waals surface area contributed by atoms with E-state index in [2.05, 4.69) is 21.4 Å². The highest BCUT2D eigenvalue weighted by Crippen LogP contribution is 2.11. The second-order valence-electron chi connectivity index (χ2n) is 2.06. The number of hydrogen-bond donors (Lipinski definition) is 0. The first-order valence-electron chi connectivity index (χ1n) is 3.05. The molecule has 0 N–H and O–H groups in total. The van der Waals surface area contributed by atoms with E-state index in [1.165, 1.54) is 0 Å². The predicted molar refractivity (Wildman–Crippen MR) is 46.9 cm³/mol. The molecule has 9 heteroatoms. The Morgan fingerprint density at radius 1 is 0.800 bits per heavy atom. The first kappa shape index (κ1) is 14.5. The standard InChI is InChI=1S/C6H2F4.Cl2O2S/c7-3-1-4(8)6(10)2-5(3)9;1-5(2,3)4/h1-2H;. The van der Waals surface area contributed by atoms with E-state index in [1.54, 1.807) is 0 Å². The highest BCUT2D eigenvalue weighted by molar-refractivity contribution is 8.31. The number of benzene rings is 1. The molecule has 0 aromatic heterocycles. The van der Waals surface area contributed by atoms with Gasteiger partial charge in [-0.05, 0) is 0 Å². The van der Waals surface area contributed by atoms with E-state index in [9.17, 15) is 17.6 Å². The summed E-state index contributed by atoms with van der Waals surface area (Å²) in [5, 5.41) is 0. The van der Waals surface area contributed by atoms with Crippen molar-refractivity contribution in [2.24, 2.45) is 0 Å². The molecule has 0 aliphatic rings. The summed E-state index contributed by atoms with van der Waals surface area (Å²) in [6, 6.07) is 0.315. The Kier molecular flexibility index (Phi) is 5.33. The van der Waals surface area contributed by atoms with Crippen LogP contribution >= 0.6 is 21.4 Å². The van der Waals surface area contributed by atoms with Crippen LogP contribution in [0.1, 0.15) is 0 Å². The molecule has 0 unspecified atom stereocenters. The Morgan fingerprint density at radius 3 is 1.07 bits per heavy atom. The van der Waals surface area contributed by atoms with E-state index in [0.717, 1.165) is 0 Å². The Morgan fingerprint density at radius 2 is 0.933 bits per heavy atom. The lowest BCUT2D eigenvalue weighted by Gasteiger charge is -1.92. The van der Waals surface area contributed by atoms with Gasteiger partial charge in [0.05, 0.1) is 0 Å². The molecule has 1 aromatic rings. The quantitative estimate of drug-likeness (QED) is 0.417. The highest BCUT2D eigenvalue weighted by Gasteiger charge is 2.07. The Hall–Kier alpha value is -0.530. The van der Waals surface area contributed by atoms with E-state index in [-0.39, 0.29) is 12.1 Å². The molecule has 0 heterocycles. The fraction of sp³-hybridized carbons (Fsp3) is 0. The largest absolute Gasteiger partial charge is 0.317 e. The normalized spacial score (nSPS) is 10.5. The predicted octanol–water partition coefficient (Wildman–Crippen LogP) is 2.95. The van der Waals surface area contributed by atoms with Crippen molar-refractivity contribution in [1.29, 1.82) is 0 Å². The van der Waals surface area contributed by atoms with Gasteiger partial charge >= 0.3 is 8.26 Å². The maximum Gasteiger partial charge on any atom is 0.317 e. The molecule has 1 rings (SSSR count). The first-order chi connectivity index (χ1) is 6.61. The van der Waals surface area contributed by atoms with Crippen LogP contribution < -0.4 is 0 Å². The molecule has 0 atom stereocenters. The summed E-state index contributed by atoms with van der Waals surface area (Å²) in [6.07, 6.45) is 0. The van der Waals surface area contributed by atoms with Crippen LogP contribution in [0.2, 0.25) is 0 Å². The van der Waals surface area contributed by atoms with Gasteiger partial charge in [-0.15, -0.1) is 0 Å². The third kappa shape index (κ3) is 7.40. The van der Waals surface area contributed by atoms with E-state index in [1.807, 2.05) is 0 Å². The van der Waals surface area contributed by atoms with Gasteiger partial charge in [-0.2, -0.15) is 8.42 Å². The number of hydrogen-bond acceptors (Lipinski definition) is 2. The topological polar surface area (TPSA) is 34.1 Å². The summed E-state index contributed by atoms with van der Waals surface area (Å²) in [7, 11) is 4.81. The van der Waals surface area contributed by atoms with Crippen molar-refractivity contribution in [3.05, 3.63) is 35.4 Å². The molecule has 0 amide bonds. The Balaban J connectivity index is 0.000000336. The molecule has 1 aromatic carbocycles. The van der Waals surface area contributed by atoms with Gasteiger partial charge in [0.15, 0.2) is 23.3 Å². The second kappa shape index (κ2) is 5.53. The maximum atomic E-state index is 12.0. The maximum absolute atomic E-state index is 12.0. The van der Waals surface area contributed by atoms with Gasteiger partial charge in [-0.1, -0.05) is 0 Å². The smallest absolute Gasteiger partial charge is 0.204 e. The minimum Gasteiger partial charge on any atom is -0.204 e. The van der Waals surface area contributed by atoms with Crippen LogP contribution in [0.3, 0.4) is 0 Å². The molecule has 0 aliphatic carbocycles. The summed E-state index contributed by atoms with van der Waals surface area (Å²) >= 11 is 0. The van der Waals surface area contributed by atoms with Crippen LogP contribution in [0, 0.1) is 23.3 Å². The summed E-state index contributed by atoms with van der Waals surface area (Å²) in [5.41, 5.74) is 0. The fourth-order valence-corrected chi connectivity index (χ4v) is 0.498. The molecule has 0 aliphatic heterocycles. The molecule has 0 radical (unpaired) electrons. The van der Waals surface area contributed by atoms with Gasteiger partial charge in [-0.25, -0.2) is 17.6 Å². The molecular formula is C6H2Cl2F4O2S. The molecule has 86 valence electrons. The van der Waals surface area contributed by atoms with Crippen molar-refractivity contribution in [2.75, 3.05) is 0 Å². The average Bonchev–Trinajstić information content (AvgIpc) is 1.98. The average molecular weight is 285 g/mol. The molecule has 0 spiro atoms. The SMILES string of the molecule is Fc1cc(F)c(F)cc1F.O=S(=O)(Cl)Cl. The molecule has 15 heavy (non-hydrogen) atoms. The Labute approximate surface area is 91.3 Å². The van der Waals surface area contributed by atoms with Gasteiger partial charge in [0.1, 0.15) is 0 Å². The molecular weight excluding hydrogens is 283 g/mol. The fourth-order valence-electron chi connectivity index (χ4n) is 0.498. The van der Waals surface area contributed by atoms with Crippen molar-refractivity contribution in [1.82, 2.24) is 0 Å². The summed E-state index contributed by atoms with van der Waals surface area (Å²) < 4.78 is 66.2. The number of rotatable bonds is 0. The van der Waals surface area contributed by atoms with Gasteiger partial charge in [0.25, 0.3) is 0 Å². The molecule has 0 fully saturated rings. The first-order valence-corrected chi connectivity index (χ1v) is 6.19. The zero-order valence-electron chi connectivity index (χ0n) is 6.65. The van der Waals surface area contributed by atoms with E-state index in [0.29, 0.717) is 0 Å². The minimum absolute atomic E-state index is 0.157. The van der Waals surface area contributed by atoms with Crippen LogP contribution in [0.4, 0.5) is 17.6 Å². The van der Waals surface area contributed by atoms with Crippen molar-refractivity contribution in [2.45, 2.75) is 0 Å². The highest BCUT2D eigenvalue weighted by atomic mass is 36.0. The number of halogens is 6. The third-order valence-electron chi connectivity index (χ3n) is 0.963. The van der Waals surface area contributed by atoms with Crippen LogP contribution in [0.5, 0.6) is 0 Å².